The molecule has 0 aliphatic carbocycles. The number of rotatable bonds is 6. The number of halogens is 1. The molecule has 2 rings (SSSR count). The van der Waals surface area contributed by atoms with E-state index in [1.807, 2.05) is 19.1 Å². The molecule has 0 amide bonds. The summed E-state index contributed by atoms with van der Waals surface area (Å²) in [5.41, 5.74) is 0.852. The monoisotopic (exact) mass is 352 g/mol. The Morgan fingerprint density at radius 1 is 1.38 bits per heavy atom. The fourth-order valence-electron chi connectivity index (χ4n) is 2.01. The van der Waals surface area contributed by atoms with Gasteiger partial charge < -0.3 is 9.73 Å². The highest BCUT2D eigenvalue weighted by molar-refractivity contribution is 9.10. The molecule has 2 aromatic rings. The third kappa shape index (κ3) is 3.71. The first-order chi connectivity index (χ1) is 10.0. The van der Waals surface area contributed by atoms with E-state index in [0.717, 1.165) is 24.3 Å². The fraction of sp³-hybridized carbons (Fsp3) is 0.333. The number of non-ortho nitro benzene ring substituents is 1. The number of nitrogens with one attached hydrogen (secondary N) is 1. The first kappa shape index (κ1) is 15.7. The Hall–Kier alpha value is -1.66. The van der Waals surface area contributed by atoms with Gasteiger partial charge in [-0.1, -0.05) is 6.92 Å². The molecule has 112 valence electrons. The fourth-order valence-corrected chi connectivity index (χ4v) is 2.57. The molecule has 1 atom stereocenters. The van der Waals surface area contributed by atoms with Crippen LogP contribution in [-0.2, 0) is 0 Å². The zero-order chi connectivity index (χ0) is 15.4. The van der Waals surface area contributed by atoms with Gasteiger partial charge in [0.15, 0.2) is 0 Å². The van der Waals surface area contributed by atoms with Gasteiger partial charge in [-0.25, -0.2) is 0 Å². The Morgan fingerprint density at radius 3 is 2.76 bits per heavy atom. The Kier molecular flexibility index (Phi) is 5.14. The standard InChI is InChI=1S/C15H17BrN2O3/c1-3-8-17-10(2)14-6-7-15(21-14)12-5-4-11(18(19)20)9-13(12)16/h4-7,9-10,17H,3,8H2,1-2H3. The van der Waals surface area contributed by atoms with Gasteiger partial charge in [-0.3, -0.25) is 10.1 Å². The van der Waals surface area contributed by atoms with Crippen LogP contribution in [0, 0.1) is 10.1 Å². The number of nitro benzene ring substituents is 1. The molecule has 6 heteroatoms. The van der Waals surface area contributed by atoms with Crippen LogP contribution < -0.4 is 5.32 Å². The molecule has 5 nitrogen and oxygen atoms in total. The Labute approximate surface area is 131 Å². The summed E-state index contributed by atoms with van der Waals surface area (Å²) in [4.78, 5) is 10.3. The topological polar surface area (TPSA) is 68.3 Å². The third-order valence-electron chi connectivity index (χ3n) is 3.18. The molecule has 1 unspecified atom stereocenters. The van der Waals surface area contributed by atoms with Crippen molar-refractivity contribution in [2.45, 2.75) is 26.3 Å². The van der Waals surface area contributed by atoms with E-state index in [4.69, 9.17) is 4.42 Å². The van der Waals surface area contributed by atoms with Crippen LogP contribution in [0.5, 0.6) is 0 Å². The highest BCUT2D eigenvalue weighted by Crippen LogP contribution is 2.33. The Bertz CT molecular complexity index is 640. The molecular formula is C15H17BrN2O3. The predicted octanol–water partition coefficient (Wildman–Crippen LogP) is 4.68. The molecule has 0 saturated carbocycles. The van der Waals surface area contributed by atoms with Crippen LogP contribution in [0.25, 0.3) is 11.3 Å². The lowest BCUT2D eigenvalue weighted by Gasteiger charge is -2.10. The highest BCUT2D eigenvalue weighted by Gasteiger charge is 2.15. The van der Waals surface area contributed by atoms with Crippen LogP contribution in [0.2, 0.25) is 0 Å². The van der Waals surface area contributed by atoms with E-state index >= 15 is 0 Å². The molecule has 1 aromatic carbocycles. The molecular weight excluding hydrogens is 336 g/mol. The predicted molar refractivity (Wildman–Crippen MR) is 85.2 cm³/mol. The lowest BCUT2D eigenvalue weighted by atomic mass is 10.1. The molecule has 0 fully saturated rings. The van der Waals surface area contributed by atoms with Crippen molar-refractivity contribution in [1.29, 1.82) is 0 Å². The van der Waals surface area contributed by atoms with Crippen LogP contribution in [0.1, 0.15) is 32.1 Å². The average molecular weight is 353 g/mol. The van der Waals surface area contributed by atoms with Crippen molar-refractivity contribution in [2.75, 3.05) is 6.54 Å². The summed E-state index contributed by atoms with van der Waals surface area (Å²) in [5, 5.41) is 14.1. The number of hydrogen-bond acceptors (Lipinski definition) is 4. The molecule has 1 heterocycles. The van der Waals surface area contributed by atoms with Gasteiger partial charge in [0.05, 0.1) is 11.0 Å². The van der Waals surface area contributed by atoms with Crippen molar-refractivity contribution in [3.8, 4) is 11.3 Å². The molecule has 1 aromatic heterocycles. The van der Waals surface area contributed by atoms with Crippen molar-refractivity contribution in [2.24, 2.45) is 0 Å². The van der Waals surface area contributed by atoms with Crippen LogP contribution in [-0.4, -0.2) is 11.5 Å². The molecule has 0 spiro atoms. The minimum Gasteiger partial charge on any atom is -0.459 e. The van der Waals surface area contributed by atoms with Gasteiger partial charge in [-0.2, -0.15) is 0 Å². The van der Waals surface area contributed by atoms with Crippen LogP contribution >= 0.6 is 15.9 Å². The zero-order valence-corrected chi connectivity index (χ0v) is 13.5. The third-order valence-corrected chi connectivity index (χ3v) is 3.84. The van der Waals surface area contributed by atoms with Gasteiger partial charge in [-0.05, 0) is 54.0 Å². The van der Waals surface area contributed by atoms with Crippen LogP contribution in [0.15, 0.2) is 39.2 Å². The van der Waals surface area contributed by atoms with Crippen molar-refractivity contribution >= 4 is 21.6 Å². The van der Waals surface area contributed by atoms with Crippen molar-refractivity contribution in [3.63, 3.8) is 0 Å². The number of benzene rings is 1. The lowest BCUT2D eigenvalue weighted by molar-refractivity contribution is -0.384. The van der Waals surface area contributed by atoms with Crippen LogP contribution in [0.4, 0.5) is 5.69 Å². The SMILES string of the molecule is CCCNC(C)c1ccc(-c2ccc([N+](=O)[O-])cc2Br)o1. The number of nitro groups is 1. The Morgan fingerprint density at radius 2 is 2.14 bits per heavy atom. The minimum atomic E-state index is -0.418. The summed E-state index contributed by atoms with van der Waals surface area (Å²) < 4.78 is 6.49. The smallest absolute Gasteiger partial charge is 0.270 e. The zero-order valence-electron chi connectivity index (χ0n) is 11.9. The maximum Gasteiger partial charge on any atom is 0.270 e. The van der Waals surface area contributed by atoms with Gasteiger partial charge in [0.1, 0.15) is 11.5 Å². The Balaban J connectivity index is 2.23. The van der Waals surface area contributed by atoms with E-state index < -0.39 is 4.92 Å². The van der Waals surface area contributed by atoms with Crippen molar-refractivity contribution in [1.82, 2.24) is 5.32 Å². The molecule has 1 N–H and O–H groups in total. The molecule has 0 saturated heterocycles. The number of hydrogen-bond donors (Lipinski definition) is 1. The molecule has 0 aliphatic rings. The van der Waals surface area contributed by atoms with Gasteiger partial charge in [0, 0.05) is 22.2 Å². The second-order valence-electron chi connectivity index (χ2n) is 4.80. The number of nitrogens with zero attached hydrogens (tertiary/aromatic N) is 1. The normalized spacial score (nSPS) is 12.3. The molecule has 21 heavy (non-hydrogen) atoms. The summed E-state index contributed by atoms with van der Waals surface area (Å²) in [6.07, 6.45) is 1.06. The summed E-state index contributed by atoms with van der Waals surface area (Å²) >= 11 is 3.36. The van der Waals surface area contributed by atoms with E-state index in [1.54, 1.807) is 6.07 Å². The lowest BCUT2D eigenvalue weighted by Crippen LogP contribution is -2.18. The minimum absolute atomic E-state index is 0.0513. The van der Waals surface area contributed by atoms with Crippen molar-refractivity contribution < 1.29 is 9.34 Å². The summed E-state index contributed by atoms with van der Waals surface area (Å²) in [6.45, 7) is 5.09. The second kappa shape index (κ2) is 6.87. The van der Waals surface area contributed by atoms with Gasteiger partial charge in [0.2, 0.25) is 0 Å². The van der Waals surface area contributed by atoms with E-state index in [0.29, 0.717) is 10.2 Å². The quantitative estimate of drug-likeness (QED) is 0.605. The van der Waals surface area contributed by atoms with Gasteiger partial charge >= 0.3 is 0 Å². The maximum atomic E-state index is 10.7. The van der Waals surface area contributed by atoms with Crippen LogP contribution in [0.3, 0.4) is 0 Å². The maximum absolute atomic E-state index is 10.7. The molecule has 0 radical (unpaired) electrons. The average Bonchev–Trinajstić information content (AvgIpc) is 2.94. The number of furan rings is 1. The van der Waals surface area contributed by atoms with E-state index in [2.05, 4.69) is 28.2 Å². The first-order valence-corrected chi connectivity index (χ1v) is 7.59. The second-order valence-corrected chi connectivity index (χ2v) is 5.65. The van der Waals surface area contributed by atoms with Gasteiger partial charge in [0.25, 0.3) is 5.69 Å². The van der Waals surface area contributed by atoms with Gasteiger partial charge in [-0.15, -0.1) is 0 Å². The summed E-state index contributed by atoms with van der Waals surface area (Å²) in [6, 6.07) is 8.59. The van der Waals surface area contributed by atoms with E-state index in [-0.39, 0.29) is 11.7 Å². The van der Waals surface area contributed by atoms with Crippen molar-refractivity contribution in [3.05, 3.63) is 50.7 Å². The molecule has 0 bridgehead atoms. The van der Waals surface area contributed by atoms with E-state index in [1.165, 1.54) is 12.1 Å². The summed E-state index contributed by atoms with van der Waals surface area (Å²) in [7, 11) is 0. The summed E-state index contributed by atoms with van der Waals surface area (Å²) in [5.74, 6) is 1.54. The highest BCUT2D eigenvalue weighted by atomic mass is 79.9. The molecule has 0 aliphatic heterocycles. The first-order valence-electron chi connectivity index (χ1n) is 6.80. The largest absolute Gasteiger partial charge is 0.459 e. The van der Waals surface area contributed by atoms with E-state index in [9.17, 15) is 10.1 Å².